The van der Waals surface area contributed by atoms with Gasteiger partial charge in [-0.05, 0) is 124 Å². The fourth-order valence-electron chi connectivity index (χ4n) is 16.4. The maximum absolute atomic E-state index is 15.9. The molecule has 2 N–H and O–H groups in total. The van der Waals surface area contributed by atoms with Gasteiger partial charge in [-0.25, -0.2) is 18.4 Å². The van der Waals surface area contributed by atoms with E-state index in [4.69, 9.17) is 19.1 Å². The minimum atomic E-state index is -1.24. The molecular formula is C50H70F2N4O8. The van der Waals surface area contributed by atoms with Crippen molar-refractivity contribution in [1.82, 2.24) is 10.6 Å². The van der Waals surface area contributed by atoms with Crippen LogP contribution >= 0.6 is 0 Å². The number of rotatable bonds is 8. The van der Waals surface area contributed by atoms with E-state index in [2.05, 4.69) is 48.6 Å². The topological polar surface area (TPSA) is 154 Å². The van der Waals surface area contributed by atoms with E-state index in [-0.39, 0.29) is 107 Å². The van der Waals surface area contributed by atoms with E-state index < -0.39 is 35.1 Å². The summed E-state index contributed by atoms with van der Waals surface area (Å²) in [6, 6.07) is 0. The average Bonchev–Trinajstić information content (AvgIpc) is 4.08. The van der Waals surface area contributed by atoms with Gasteiger partial charge in [0.05, 0.1) is 11.4 Å². The summed E-state index contributed by atoms with van der Waals surface area (Å²) in [6.07, 6.45) is 9.17. The number of hydrogen-bond donors (Lipinski definition) is 2. The highest BCUT2D eigenvalue weighted by Gasteiger charge is 2.66. The second-order valence-electron chi connectivity index (χ2n) is 23.0. The summed E-state index contributed by atoms with van der Waals surface area (Å²) >= 11 is 0. The molecule has 2 heterocycles. The highest BCUT2D eigenvalue weighted by molar-refractivity contribution is 5.96. The van der Waals surface area contributed by atoms with Crippen molar-refractivity contribution in [1.29, 1.82) is 0 Å². The van der Waals surface area contributed by atoms with E-state index in [0.29, 0.717) is 63.0 Å². The number of esters is 2. The van der Waals surface area contributed by atoms with Crippen molar-refractivity contribution in [2.24, 2.45) is 79.3 Å². The van der Waals surface area contributed by atoms with Gasteiger partial charge in [-0.15, -0.1) is 0 Å². The van der Waals surface area contributed by atoms with Gasteiger partial charge in [0.1, 0.15) is 48.3 Å². The molecule has 0 aromatic heterocycles. The van der Waals surface area contributed by atoms with Gasteiger partial charge >= 0.3 is 11.9 Å². The quantitative estimate of drug-likeness (QED) is 0.146. The highest BCUT2D eigenvalue weighted by atomic mass is 19.1. The lowest BCUT2D eigenvalue weighted by Gasteiger charge is -2.59. The van der Waals surface area contributed by atoms with Crippen LogP contribution in [0.2, 0.25) is 0 Å². The van der Waals surface area contributed by atoms with Crippen molar-refractivity contribution in [2.75, 3.05) is 26.2 Å². The van der Waals surface area contributed by atoms with Gasteiger partial charge in [0.2, 0.25) is 0 Å². The van der Waals surface area contributed by atoms with Gasteiger partial charge in [0.25, 0.3) is 0 Å². The molecule has 352 valence electrons. The zero-order valence-corrected chi connectivity index (χ0v) is 38.3. The van der Waals surface area contributed by atoms with Crippen molar-refractivity contribution in [3.8, 4) is 0 Å². The molecule has 2 aliphatic heterocycles. The van der Waals surface area contributed by atoms with Crippen LogP contribution in [0.4, 0.5) is 8.78 Å². The molecule has 0 aromatic carbocycles. The second kappa shape index (κ2) is 16.8. The third-order valence-electron chi connectivity index (χ3n) is 20.0. The van der Waals surface area contributed by atoms with Gasteiger partial charge in [-0.3, -0.25) is 9.59 Å². The maximum Gasteiger partial charge on any atom is 0.331 e. The zero-order valence-electron chi connectivity index (χ0n) is 38.3. The van der Waals surface area contributed by atoms with Crippen LogP contribution in [0.3, 0.4) is 0 Å². The molecule has 0 amide bonds. The Hall–Kier alpha value is -3.26. The summed E-state index contributed by atoms with van der Waals surface area (Å²) in [7, 11) is 0. The first-order valence-corrected chi connectivity index (χ1v) is 24.9. The number of hydrogen-bond acceptors (Lipinski definition) is 12. The van der Waals surface area contributed by atoms with E-state index in [1.165, 1.54) is 12.2 Å². The van der Waals surface area contributed by atoms with E-state index in [9.17, 15) is 19.2 Å². The van der Waals surface area contributed by atoms with Crippen LogP contribution in [-0.2, 0) is 38.3 Å². The summed E-state index contributed by atoms with van der Waals surface area (Å²) < 4.78 is 44.0. The summed E-state index contributed by atoms with van der Waals surface area (Å²) in [5.74, 6) is -0.389. The summed E-state index contributed by atoms with van der Waals surface area (Å²) in [4.78, 5) is 66.0. The minimum absolute atomic E-state index is 0.0600. The van der Waals surface area contributed by atoms with Crippen LogP contribution in [0.5, 0.6) is 0 Å². The number of ketones is 2. The van der Waals surface area contributed by atoms with Gasteiger partial charge in [-0.2, -0.15) is 0 Å². The van der Waals surface area contributed by atoms with Crippen LogP contribution in [0.15, 0.2) is 22.5 Å². The molecule has 0 spiro atoms. The molecule has 64 heavy (non-hydrogen) atoms. The number of halogens is 2. The van der Waals surface area contributed by atoms with Gasteiger partial charge in [0.15, 0.2) is 0 Å². The van der Waals surface area contributed by atoms with Crippen LogP contribution < -0.4 is 10.6 Å². The molecular weight excluding hydrogens is 823 g/mol. The number of carbonyl (C=O) groups excluding carboxylic acids is 4. The first-order chi connectivity index (χ1) is 30.6. The summed E-state index contributed by atoms with van der Waals surface area (Å²) in [6.45, 7) is 11.7. The molecule has 6 unspecified atom stereocenters. The number of nitrogens with one attached hydrogen (secondary N) is 2. The van der Waals surface area contributed by atoms with E-state index in [1.54, 1.807) is 0 Å². The molecule has 12 nitrogen and oxygen atoms in total. The van der Waals surface area contributed by atoms with E-state index in [1.807, 2.05) is 0 Å². The largest absolute Gasteiger partial charge is 0.459 e. The molecule has 10 rings (SSSR count). The number of nitrogens with zero attached hydrogens (tertiary/aromatic N) is 2. The van der Waals surface area contributed by atoms with E-state index >= 15 is 8.78 Å². The lowest BCUT2D eigenvalue weighted by molar-refractivity contribution is -0.165. The zero-order chi connectivity index (χ0) is 44.8. The van der Waals surface area contributed by atoms with Crippen molar-refractivity contribution >= 4 is 34.9 Å². The second-order valence-corrected chi connectivity index (χ2v) is 23.0. The summed E-state index contributed by atoms with van der Waals surface area (Å²) in [5.41, 5.74) is -0.835. The number of ether oxygens (including phenoxy) is 2. The van der Waals surface area contributed by atoms with Crippen LogP contribution in [0, 0.1) is 69.0 Å². The van der Waals surface area contributed by atoms with Crippen molar-refractivity contribution in [2.45, 2.75) is 167 Å². The molecule has 10 aliphatic rings. The highest BCUT2D eigenvalue weighted by Crippen LogP contribution is 2.67. The van der Waals surface area contributed by atoms with Crippen LogP contribution in [0.1, 0.15) is 130 Å². The number of fused-ring (bicyclic) bond motifs is 10. The smallest absolute Gasteiger partial charge is 0.331 e. The Morgan fingerprint density at radius 3 is 1.38 bits per heavy atom. The average molecular weight is 893 g/mol. The fraction of sp³-hybridized carbons (Fsp3) is 0.840. The predicted octanol–water partition coefficient (Wildman–Crippen LogP) is 7.17. The number of Topliss-reactive ketones (excluding diaryl/α,β-unsaturated/α-hetero) is 2. The number of oxime groups is 2. The molecule has 14 heteroatoms. The molecule has 8 aliphatic carbocycles. The van der Waals surface area contributed by atoms with Crippen LogP contribution in [0.25, 0.3) is 0 Å². The number of carbonyl (C=O) groups is 4. The third kappa shape index (κ3) is 7.49. The van der Waals surface area contributed by atoms with Crippen molar-refractivity contribution in [3.63, 3.8) is 0 Å². The molecule has 18 atom stereocenters. The normalized spacial score (nSPS) is 49.7. The van der Waals surface area contributed by atoms with Crippen molar-refractivity contribution < 1.29 is 47.1 Å². The van der Waals surface area contributed by atoms with Crippen molar-refractivity contribution in [3.05, 3.63) is 12.2 Å². The number of alkyl halides is 2. The molecule has 10 fully saturated rings. The van der Waals surface area contributed by atoms with Gasteiger partial charge in [0, 0.05) is 86.4 Å². The molecule has 0 bridgehead atoms. The standard InChI is InChI=1S/C50H70F2N4O8/c1-47-15-11-33-29(19-41(57)35-21-39(37(51)23-49(33,35)3)55-63-27-13-17-53-25-27)31(47)5-7-43(47)61-45(59)9-10-46(60)62-44-8-6-32-30-20-42(58)36-22-40(56-64-28-14-18-54-26-28)38(52)24-50(36,4)34(30)12-16-48(32,44)2/h9-10,27-38,43-44,53-54H,5-8,11-26H2,1-4H3/b10-9+,55-39-,56-40-/t27-,28-,29+,30+,31+,32+,33-,34-,35?,36?,37?,38?,43?,44?,47+,48+,49-,50-/m1/s1. The van der Waals surface area contributed by atoms with Gasteiger partial charge in [-0.1, -0.05) is 38.0 Å². The third-order valence-corrected chi connectivity index (χ3v) is 20.0. The fourth-order valence-corrected chi connectivity index (χ4v) is 16.4. The Morgan fingerprint density at radius 2 is 0.984 bits per heavy atom. The molecule has 0 radical (unpaired) electrons. The minimum Gasteiger partial charge on any atom is -0.459 e. The molecule has 2 saturated heterocycles. The lowest BCUT2D eigenvalue weighted by atomic mass is 9.44. The predicted molar refractivity (Wildman–Crippen MR) is 233 cm³/mol. The SMILES string of the molecule is C[C@]12CC(F)/C(=N\O[C@@H]3CCNC3)CC1C(=O)C[C@@H]1[C@H]2CC[C@]2(C)C(OC(=O)/C=C/C(=O)OC3CC[C@H]4[C@@H]5CC(=O)C6C/C(=N/O[C@@H]7CCNC7)C(F)C[C@]6(C)[C@@H]5CC[C@]34C)CC[C@@H]12. The maximum atomic E-state index is 15.9. The Morgan fingerprint density at radius 1 is 0.578 bits per heavy atom. The Labute approximate surface area is 376 Å². The Kier molecular flexibility index (Phi) is 11.7. The van der Waals surface area contributed by atoms with E-state index in [0.717, 1.165) is 64.5 Å². The van der Waals surface area contributed by atoms with Gasteiger partial charge < -0.3 is 29.8 Å². The first kappa shape index (κ1) is 44.6. The summed E-state index contributed by atoms with van der Waals surface area (Å²) in [5, 5.41) is 15.0. The monoisotopic (exact) mass is 893 g/mol. The lowest BCUT2D eigenvalue weighted by Crippen LogP contribution is -2.58. The molecule has 8 saturated carbocycles. The Bertz CT molecular complexity index is 1830. The Balaban J connectivity index is 0.735. The first-order valence-electron chi connectivity index (χ1n) is 24.9. The van der Waals surface area contributed by atoms with Crippen LogP contribution in [-0.4, -0.2) is 97.9 Å². The molecule has 0 aromatic rings.